The van der Waals surface area contributed by atoms with Crippen LogP contribution in [0.25, 0.3) is 10.8 Å². The van der Waals surface area contributed by atoms with Crippen molar-refractivity contribution in [2.75, 3.05) is 0 Å². The van der Waals surface area contributed by atoms with Crippen molar-refractivity contribution in [3.05, 3.63) is 101 Å². The molecular weight excluding hydrogens is 404 g/mol. The van der Waals surface area contributed by atoms with Crippen LogP contribution >= 0.6 is 0 Å². The Kier molecular flexibility index (Phi) is 5.99. The van der Waals surface area contributed by atoms with Gasteiger partial charge in [-0.15, -0.1) is 0 Å². The van der Waals surface area contributed by atoms with Crippen molar-refractivity contribution in [3.63, 3.8) is 0 Å². The summed E-state index contributed by atoms with van der Waals surface area (Å²) < 4.78 is 0. The highest BCUT2D eigenvalue weighted by atomic mass is 16.4. The van der Waals surface area contributed by atoms with Gasteiger partial charge in [-0.05, 0) is 76.9 Å². The van der Waals surface area contributed by atoms with Crippen molar-refractivity contribution in [2.45, 2.75) is 25.7 Å². The summed E-state index contributed by atoms with van der Waals surface area (Å²) in [6, 6.07) is 22.2. The molecular formula is C27H24O5. The first-order chi connectivity index (χ1) is 15.4. The largest absolute Gasteiger partial charge is 0.508 e. The smallest absolute Gasteiger partial charge is 0.339 e. The molecule has 0 aliphatic heterocycles. The van der Waals surface area contributed by atoms with Gasteiger partial charge in [0.15, 0.2) is 0 Å². The number of benzene rings is 4. The summed E-state index contributed by atoms with van der Waals surface area (Å²) in [5.41, 5.74) is 3.25. The Labute approximate surface area is 185 Å². The lowest BCUT2D eigenvalue weighted by molar-refractivity contribution is 0.0693. The monoisotopic (exact) mass is 428 g/mol. The number of hydrogen-bond donors (Lipinski definition) is 4. The number of phenols is 3. The van der Waals surface area contributed by atoms with Gasteiger partial charge in [0.25, 0.3) is 0 Å². The second kappa shape index (κ2) is 9.02. The molecule has 0 amide bonds. The fourth-order valence-corrected chi connectivity index (χ4v) is 3.94. The molecule has 0 heterocycles. The summed E-state index contributed by atoms with van der Waals surface area (Å²) in [4.78, 5) is 11.0. The topological polar surface area (TPSA) is 98.0 Å². The van der Waals surface area contributed by atoms with Crippen LogP contribution < -0.4 is 0 Å². The number of carbonyl (C=O) groups is 1. The molecule has 0 aromatic heterocycles. The van der Waals surface area contributed by atoms with E-state index in [1.54, 1.807) is 6.07 Å². The molecule has 0 radical (unpaired) electrons. The van der Waals surface area contributed by atoms with E-state index in [-0.39, 0.29) is 22.8 Å². The van der Waals surface area contributed by atoms with E-state index in [9.17, 15) is 20.1 Å². The lowest BCUT2D eigenvalue weighted by atomic mass is 9.96. The van der Waals surface area contributed by atoms with E-state index in [1.165, 1.54) is 34.5 Å². The Morgan fingerprint density at radius 1 is 0.594 bits per heavy atom. The Hall–Kier alpha value is -3.99. The summed E-state index contributed by atoms with van der Waals surface area (Å²) >= 11 is 0. The van der Waals surface area contributed by atoms with Crippen LogP contribution in [0.5, 0.6) is 17.2 Å². The normalized spacial score (nSPS) is 11.0. The highest BCUT2D eigenvalue weighted by Crippen LogP contribution is 2.30. The van der Waals surface area contributed by atoms with Gasteiger partial charge in [-0.1, -0.05) is 48.5 Å². The molecule has 0 spiro atoms. The molecule has 0 atom stereocenters. The minimum atomic E-state index is -1.18. The molecule has 4 N–H and O–H groups in total. The van der Waals surface area contributed by atoms with E-state index in [0.29, 0.717) is 24.8 Å². The number of phenolic OH excluding ortho intramolecular Hbond substituents is 2. The standard InChI is InChI=1S/C27H24O5/c28-24-16-25(29)22(11-7-18-8-12-23(27(31)32)26(30)14-18)15-21(24)10-6-17-5-9-19-3-1-2-4-20(19)13-17/h1-5,8-9,12-16,28-30H,6-7,10-11H2,(H,31,32). The zero-order valence-corrected chi connectivity index (χ0v) is 17.5. The number of carboxylic acid groups (broad SMARTS) is 1. The van der Waals surface area contributed by atoms with Crippen molar-refractivity contribution >= 4 is 16.7 Å². The predicted octanol–water partition coefficient (Wildman–Crippen LogP) is 5.23. The molecule has 0 aliphatic carbocycles. The maximum Gasteiger partial charge on any atom is 0.339 e. The fraction of sp³-hybridized carbons (Fsp3) is 0.148. The third-order valence-corrected chi connectivity index (χ3v) is 5.75. The molecule has 4 aromatic carbocycles. The average Bonchev–Trinajstić information content (AvgIpc) is 2.77. The minimum absolute atomic E-state index is 0.0170. The maximum absolute atomic E-state index is 11.0. The van der Waals surface area contributed by atoms with Gasteiger partial charge in [0.2, 0.25) is 0 Å². The van der Waals surface area contributed by atoms with E-state index in [0.717, 1.165) is 17.5 Å². The quantitative estimate of drug-likeness (QED) is 0.323. The van der Waals surface area contributed by atoms with Crippen LogP contribution in [0.2, 0.25) is 0 Å². The van der Waals surface area contributed by atoms with E-state index >= 15 is 0 Å². The van der Waals surface area contributed by atoms with Gasteiger partial charge in [0.1, 0.15) is 22.8 Å². The first-order valence-corrected chi connectivity index (χ1v) is 10.5. The third kappa shape index (κ3) is 4.67. The molecule has 0 saturated carbocycles. The first-order valence-electron chi connectivity index (χ1n) is 10.5. The van der Waals surface area contributed by atoms with Gasteiger partial charge < -0.3 is 20.4 Å². The summed E-state index contributed by atoms with van der Waals surface area (Å²) in [5.74, 6) is -1.37. The Balaban J connectivity index is 1.47. The van der Waals surface area contributed by atoms with Crippen LogP contribution in [0.1, 0.15) is 32.6 Å². The maximum atomic E-state index is 11.0. The molecule has 162 valence electrons. The highest BCUT2D eigenvalue weighted by molar-refractivity contribution is 5.90. The molecule has 0 saturated heterocycles. The number of carboxylic acids is 1. The zero-order chi connectivity index (χ0) is 22.7. The highest BCUT2D eigenvalue weighted by Gasteiger charge is 2.12. The van der Waals surface area contributed by atoms with Crippen LogP contribution in [0.4, 0.5) is 0 Å². The van der Waals surface area contributed by atoms with Gasteiger partial charge in [0.05, 0.1) is 0 Å². The summed E-state index contributed by atoms with van der Waals surface area (Å²) in [6.45, 7) is 0. The first kappa shape index (κ1) is 21.2. The Bertz CT molecular complexity index is 1290. The lowest BCUT2D eigenvalue weighted by Gasteiger charge is -2.11. The molecule has 0 aliphatic rings. The molecule has 0 bridgehead atoms. The van der Waals surface area contributed by atoms with Crippen molar-refractivity contribution < 1.29 is 25.2 Å². The van der Waals surface area contributed by atoms with Crippen molar-refractivity contribution in [3.8, 4) is 17.2 Å². The SMILES string of the molecule is O=C(O)c1ccc(CCc2cc(CCc3ccc4ccccc4c3)c(O)cc2O)cc1O. The summed E-state index contributed by atoms with van der Waals surface area (Å²) in [7, 11) is 0. The number of aromatic hydroxyl groups is 3. The van der Waals surface area contributed by atoms with Crippen LogP contribution in [0, 0.1) is 0 Å². The van der Waals surface area contributed by atoms with Gasteiger partial charge in [-0.25, -0.2) is 4.79 Å². The molecule has 4 aromatic rings. The summed E-state index contributed by atoms with van der Waals surface area (Å²) in [5, 5.41) is 41.9. The molecule has 5 heteroatoms. The number of aromatic carboxylic acids is 1. The molecule has 5 nitrogen and oxygen atoms in total. The van der Waals surface area contributed by atoms with Crippen LogP contribution in [0.15, 0.2) is 72.8 Å². The zero-order valence-electron chi connectivity index (χ0n) is 17.5. The van der Waals surface area contributed by atoms with Crippen LogP contribution in [-0.4, -0.2) is 26.4 Å². The number of rotatable bonds is 7. The Morgan fingerprint density at radius 2 is 1.19 bits per heavy atom. The second-order valence-corrected chi connectivity index (χ2v) is 7.95. The lowest BCUT2D eigenvalue weighted by Crippen LogP contribution is -1.99. The minimum Gasteiger partial charge on any atom is -0.508 e. The Morgan fingerprint density at radius 3 is 1.81 bits per heavy atom. The van der Waals surface area contributed by atoms with E-state index in [2.05, 4.69) is 30.3 Å². The van der Waals surface area contributed by atoms with Crippen LogP contribution in [0.3, 0.4) is 0 Å². The number of hydrogen-bond acceptors (Lipinski definition) is 4. The fourth-order valence-electron chi connectivity index (χ4n) is 3.94. The van der Waals surface area contributed by atoms with Crippen molar-refractivity contribution in [1.29, 1.82) is 0 Å². The van der Waals surface area contributed by atoms with Gasteiger partial charge in [-0.2, -0.15) is 0 Å². The number of fused-ring (bicyclic) bond motifs is 1. The molecule has 4 rings (SSSR count). The van der Waals surface area contributed by atoms with E-state index in [4.69, 9.17) is 5.11 Å². The average molecular weight is 428 g/mol. The molecule has 0 fully saturated rings. The molecule has 32 heavy (non-hydrogen) atoms. The van der Waals surface area contributed by atoms with Gasteiger partial charge in [-0.3, -0.25) is 0 Å². The van der Waals surface area contributed by atoms with Crippen molar-refractivity contribution in [2.24, 2.45) is 0 Å². The van der Waals surface area contributed by atoms with Gasteiger partial charge in [0, 0.05) is 6.07 Å². The van der Waals surface area contributed by atoms with E-state index < -0.39 is 5.97 Å². The predicted molar refractivity (Wildman–Crippen MR) is 124 cm³/mol. The number of aryl methyl sites for hydroxylation is 4. The van der Waals surface area contributed by atoms with E-state index in [1.807, 2.05) is 18.2 Å². The summed E-state index contributed by atoms with van der Waals surface area (Å²) in [6.07, 6.45) is 2.38. The van der Waals surface area contributed by atoms with Crippen molar-refractivity contribution in [1.82, 2.24) is 0 Å². The third-order valence-electron chi connectivity index (χ3n) is 5.75. The second-order valence-electron chi connectivity index (χ2n) is 7.95. The molecule has 0 unspecified atom stereocenters. The van der Waals surface area contributed by atoms with Gasteiger partial charge >= 0.3 is 5.97 Å². The van der Waals surface area contributed by atoms with Crippen LogP contribution in [-0.2, 0) is 25.7 Å².